The summed E-state index contributed by atoms with van der Waals surface area (Å²) in [4.78, 5) is 35.3. The molecule has 2 aromatic carbocycles. The van der Waals surface area contributed by atoms with Gasteiger partial charge in [0.05, 0.1) is 23.0 Å². The minimum atomic E-state index is -0.734. The number of aliphatic imine (C=N–C) groups is 1. The summed E-state index contributed by atoms with van der Waals surface area (Å²) in [7, 11) is 1.58. The van der Waals surface area contributed by atoms with E-state index < -0.39 is 17.1 Å². The van der Waals surface area contributed by atoms with Crippen LogP contribution < -0.4 is 16.0 Å². The smallest absolute Gasteiger partial charge is 0.335 e. The Labute approximate surface area is 168 Å². The van der Waals surface area contributed by atoms with E-state index in [1.54, 1.807) is 31.4 Å². The van der Waals surface area contributed by atoms with Crippen LogP contribution in [0, 0.1) is 6.92 Å². The van der Waals surface area contributed by atoms with Crippen molar-refractivity contribution in [3.63, 3.8) is 0 Å². The highest BCUT2D eigenvalue weighted by Crippen LogP contribution is 2.30. The number of aromatic hydroxyl groups is 1. The van der Waals surface area contributed by atoms with Gasteiger partial charge in [0, 0.05) is 6.21 Å². The molecule has 29 heavy (non-hydrogen) atoms. The SMILES string of the molecule is COc1ccc2nc(/N=C/c3c(O)n(-c4cccc(C)c4)c(=O)[nH]c3=O)sc2c1. The van der Waals surface area contributed by atoms with Crippen LogP contribution in [0.2, 0.25) is 0 Å². The lowest BCUT2D eigenvalue weighted by Gasteiger charge is -2.09. The maximum absolute atomic E-state index is 12.3. The minimum absolute atomic E-state index is 0.136. The van der Waals surface area contributed by atoms with Crippen molar-refractivity contribution in [2.75, 3.05) is 7.11 Å². The lowest BCUT2D eigenvalue weighted by Crippen LogP contribution is -2.31. The third-order valence-electron chi connectivity index (χ3n) is 4.27. The molecule has 0 fully saturated rings. The van der Waals surface area contributed by atoms with Crippen LogP contribution >= 0.6 is 11.3 Å². The molecule has 9 heteroatoms. The summed E-state index contributed by atoms with van der Waals surface area (Å²) in [5, 5.41) is 11.0. The van der Waals surface area contributed by atoms with E-state index >= 15 is 0 Å². The third-order valence-corrected chi connectivity index (χ3v) is 5.20. The Balaban J connectivity index is 1.78. The Morgan fingerprint density at radius 3 is 2.83 bits per heavy atom. The summed E-state index contributed by atoms with van der Waals surface area (Å²) in [6.45, 7) is 1.86. The zero-order valence-corrected chi connectivity index (χ0v) is 16.4. The van der Waals surface area contributed by atoms with E-state index in [2.05, 4.69) is 15.0 Å². The Morgan fingerprint density at radius 1 is 1.24 bits per heavy atom. The first-order chi connectivity index (χ1) is 14.0. The fourth-order valence-corrected chi connectivity index (χ4v) is 3.70. The normalized spacial score (nSPS) is 11.4. The highest BCUT2D eigenvalue weighted by Gasteiger charge is 2.14. The van der Waals surface area contributed by atoms with Gasteiger partial charge in [0.2, 0.25) is 11.0 Å². The molecule has 0 bridgehead atoms. The molecule has 0 aliphatic carbocycles. The molecule has 146 valence electrons. The molecule has 4 rings (SSSR count). The van der Waals surface area contributed by atoms with E-state index in [0.717, 1.165) is 20.3 Å². The molecule has 2 aromatic heterocycles. The second kappa shape index (κ2) is 7.36. The van der Waals surface area contributed by atoms with Crippen molar-refractivity contribution in [2.45, 2.75) is 6.92 Å². The largest absolute Gasteiger partial charge is 0.497 e. The van der Waals surface area contributed by atoms with Crippen molar-refractivity contribution < 1.29 is 9.84 Å². The Hall–Kier alpha value is -3.72. The maximum Gasteiger partial charge on any atom is 0.335 e. The highest BCUT2D eigenvalue weighted by atomic mass is 32.1. The van der Waals surface area contributed by atoms with Gasteiger partial charge in [-0.1, -0.05) is 23.5 Å². The molecule has 0 aliphatic heterocycles. The molecule has 0 saturated carbocycles. The van der Waals surface area contributed by atoms with Crippen LogP contribution in [0.25, 0.3) is 15.9 Å². The molecule has 8 nitrogen and oxygen atoms in total. The zero-order chi connectivity index (χ0) is 20.5. The van der Waals surface area contributed by atoms with Crippen molar-refractivity contribution in [1.29, 1.82) is 0 Å². The van der Waals surface area contributed by atoms with Crippen molar-refractivity contribution in [1.82, 2.24) is 14.5 Å². The molecule has 0 aliphatic rings. The van der Waals surface area contributed by atoms with Gasteiger partial charge in [-0.15, -0.1) is 0 Å². The molecular weight excluding hydrogens is 392 g/mol. The number of fused-ring (bicyclic) bond motifs is 1. The molecular formula is C20H16N4O4S. The van der Waals surface area contributed by atoms with Gasteiger partial charge in [-0.2, -0.15) is 0 Å². The lowest BCUT2D eigenvalue weighted by molar-refractivity contribution is 0.415. The van der Waals surface area contributed by atoms with E-state index in [-0.39, 0.29) is 5.56 Å². The molecule has 2 N–H and O–H groups in total. The molecule has 4 aromatic rings. The summed E-state index contributed by atoms with van der Waals surface area (Å²) in [5.74, 6) is 0.215. The van der Waals surface area contributed by atoms with Gasteiger partial charge in [0.1, 0.15) is 11.3 Å². The van der Waals surface area contributed by atoms with Crippen molar-refractivity contribution in [2.24, 2.45) is 4.99 Å². The number of aryl methyl sites for hydroxylation is 1. The summed E-state index contributed by atoms with van der Waals surface area (Å²) < 4.78 is 7.10. The fraction of sp³-hybridized carbons (Fsp3) is 0.100. The molecule has 0 atom stereocenters. The van der Waals surface area contributed by atoms with E-state index in [9.17, 15) is 14.7 Å². The Bertz CT molecular complexity index is 1370. The number of aromatic amines is 1. The number of ether oxygens (including phenoxy) is 1. The van der Waals surface area contributed by atoms with Gasteiger partial charge in [-0.05, 0) is 42.8 Å². The number of nitrogens with one attached hydrogen (secondary N) is 1. The molecule has 0 unspecified atom stereocenters. The standard InChI is InChI=1S/C20H16N4O4S/c1-11-4-3-5-12(8-11)24-18(26)14(17(25)23-20(24)27)10-21-19-22-15-7-6-13(28-2)9-16(15)29-19/h3-10,26H,1-2H3,(H,23,25,27)/b21-10+. The zero-order valence-electron chi connectivity index (χ0n) is 15.5. The predicted octanol–water partition coefficient (Wildman–Crippen LogP) is 2.91. The minimum Gasteiger partial charge on any atom is -0.497 e. The number of methoxy groups -OCH3 is 1. The third kappa shape index (κ3) is 3.55. The number of H-pyrrole nitrogens is 1. The summed E-state index contributed by atoms with van der Waals surface area (Å²) in [6, 6.07) is 12.5. The van der Waals surface area contributed by atoms with Crippen LogP contribution in [-0.4, -0.2) is 33.0 Å². The summed E-state index contributed by atoms with van der Waals surface area (Å²) in [6.07, 6.45) is 1.20. The average molecular weight is 408 g/mol. The van der Waals surface area contributed by atoms with E-state index in [1.165, 1.54) is 17.6 Å². The first kappa shape index (κ1) is 18.6. The van der Waals surface area contributed by atoms with Gasteiger partial charge in [-0.25, -0.2) is 19.3 Å². The first-order valence-electron chi connectivity index (χ1n) is 8.60. The quantitative estimate of drug-likeness (QED) is 0.505. The maximum atomic E-state index is 12.3. The molecule has 0 amide bonds. The van der Waals surface area contributed by atoms with Crippen LogP contribution in [0.3, 0.4) is 0 Å². The topological polar surface area (TPSA) is 110 Å². The summed E-state index contributed by atoms with van der Waals surface area (Å²) in [5.41, 5.74) is 0.477. The average Bonchev–Trinajstić information content (AvgIpc) is 3.09. The van der Waals surface area contributed by atoms with Crippen molar-refractivity contribution in [3.8, 4) is 17.3 Å². The van der Waals surface area contributed by atoms with Gasteiger partial charge < -0.3 is 9.84 Å². The van der Waals surface area contributed by atoms with E-state index in [0.29, 0.717) is 16.6 Å². The Kier molecular flexibility index (Phi) is 4.73. The number of hydrogen-bond acceptors (Lipinski definition) is 7. The van der Waals surface area contributed by atoms with Crippen molar-refractivity contribution >= 4 is 32.9 Å². The lowest BCUT2D eigenvalue weighted by atomic mass is 10.2. The number of benzene rings is 2. The molecule has 0 saturated heterocycles. The number of hydrogen-bond donors (Lipinski definition) is 2. The van der Waals surface area contributed by atoms with Crippen molar-refractivity contribution in [3.05, 3.63) is 74.4 Å². The van der Waals surface area contributed by atoms with Crippen LogP contribution in [-0.2, 0) is 0 Å². The second-order valence-electron chi connectivity index (χ2n) is 6.26. The first-order valence-corrected chi connectivity index (χ1v) is 9.42. The summed E-state index contributed by atoms with van der Waals surface area (Å²) >= 11 is 1.31. The molecule has 0 radical (unpaired) electrons. The molecule has 2 heterocycles. The number of aromatic nitrogens is 3. The Morgan fingerprint density at radius 2 is 2.07 bits per heavy atom. The fourth-order valence-electron chi connectivity index (χ4n) is 2.86. The van der Waals surface area contributed by atoms with Gasteiger partial charge in [0.25, 0.3) is 5.56 Å². The predicted molar refractivity (Wildman–Crippen MR) is 112 cm³/mol. The van der Waals surface area contributed by atoms with Crippen LogP contribution in [0.15, 0.2) is 57.0 Å². The highest BCUT2D eigenvalue weighted by molar-refractivity contribution is 7.22. The number of thiazole rings is 1. The van der Waals surface area contributed by atoms with Gasteiger partial charge in [0.15, 0.2) is 0 Å². The number of rotatable bonds is 4. The van der Waals surface area contributed by atoms with Gasteiger partial charge >= 0.3 is 5.69 Å². The van der Waals surface area contributed by atoms with Gasteiger partial charge in [-0.3, -0.25) is 9.78 Å². The van der Waals surface area contributed by atoms with Crippen LogP contribution in [0.4, 0.5) is 5.13 Å². The van der Waals surface area contributed by atoms with Crippen LogP contribution in [0.5, 0.6) is 11.6 Å². The van der Waals surface area contributed by atoms with E-state index in [1.807, 2.05) is 25.1 Å². The molecule has 0 spiro atoms. The second-order valence-corrected chi connectivity index (χ2v) is 7.27. The number of nitrogens with zero attached hydrogens (tertiary/aromatic N) is 3. The monoisotopic (exact) mass is 408 g/mol. The van der Waals surface area contributed by atoms with E-state index in [4.69, 9.17) is 4.74 Å². The van der Waals surface area contributed by atoms with Crippen LogP contribution in [0.1, 0.15) is 11.1 Å².